The Morgan fingerprint density at radius 3 is 2.76 bits per heavy atom. The van der Waals surface area contributed by atoms with Gasteiger partial charge in [-0.1, -0.05) is 0 Å². The summed E-state index contributed by atoms with van der Waals surface area (Å²) >= 11 is 6.91. The predicted octanol–water partition coefficient (Wildman–Crippen LogP) is 3.00. The molecule has 0 spiro atoms. The molecule has 0 amide bonds. The lowest BCUT2D eigenvalue weighted by Crippen LogP contribution is -2.07. The van der Waals surface area contributed by atoms with E-state index in [-0.39, 0.29) is 0 Å². The van der Waals surface area contributed by atoms with Gasteiger partial charge < -0.3 is 0 Å². The number of nitrogens with zero attached hydrogens (tertiary/aromatic N) is 5. The first-order valence-corrected chi connectivity index (χ1v) is 7.59. The molecule has 0 fully saturated rings. The Morgan fingerprint density at radius 1 is 1.33 bits per heavy atom. The van der Waals surface area contributed by atoms with Crippen molar-refractivity contribution in [2.45, 2.75) is 20.8 Å². The average Bonchev–Trinajstić information content (AvgIpc) is 3.08. The molecule has 0 saturated carbocycles. The minimum Gasteiger partial charge on any atom is -0.248 e. The largest absolute Gasteiger partial charge is 0.271 e. The maximum Gasteiger partial charge on any atom is 0.271 e. The van der Waals surface area contributed by atoms with Crippen LogP contribution in [0.1, 0.15) is 21.1 Å². The molecule has 3 rings (SSSR count). The number of thiophene rings is 1. The fraction of sp³-hybridized carbons (Fsp3) is 0.231. The van der Waals surface area contributed by atoms with Gasteiger partial charge in [0, 0.05) is 15.4 Å². The van der Waals surface area contributed by atoms with Gasteiger partial charge in [-0.3, -0.25) is 0 Å². The fourth-order valence-electron chi connectivity index (χ4n) is 1.99. The third-order valence-electron chi connectivity index (χ3n) is 2.89. The maximum absolute atomic E-state index is 5.24. The second-order valence-corrected chi connectivity index (χ2v) is 6.38. The molecule has 0 aliphatic heterocycles. The van der Waals surface area contributed by atoms with Crippen LogP contribution in [0.2, 0.25) is 0 Å². The van der Waals surface area contributed by atoms with Crippen LogP contribution in [-0.4, -0.2) is 30.9 Å². The molecule has 0 aliphatic carbocycles. The van der Waals surface area contributed by atoms with Crippen LogP contribution >= 0.6 is 23.6 Å². The minimum absolute atomic E-state index is 0.432. The van der Waals surface area contributed by atoms with Crippen LogP contribution in [0, 0.1) is 25.5 Å². The summed E-state index contributed by atoms with van der Waals surface area (Å²) in [6.45, 7) is 5.97. The van der Waals surface area contributed by atoms with Gasteiger partial charge >= 0.3 is 0 Å². The van der Waals surface area contributed by atoms with E-state index in [0.29, 0.717) is 10.7 Å². The Balaban J connectivity index is 2.03. The zero-order chi connectivity index (χ0) is 15.0. The standard InChI is InChI=1S/C13H14N6S2/c1-8-6-9(2)18(17-8)12-15-16-13(20)19(12)14-7-11-5-4-10(3)21-11/h4-7H,1-3H3,(H,16,20)/b14-7-. The van der Waals surface area contributed by atoms with Gasteiger partial charge in [0.2, 0.25) is 4.77 Å². The van der Waals surface area contributed by atoms with Crippen LogP contribution in [-0.2, 0) is 0 Å². The van der Waals surface area contributed by atoms with E-state index < -0.39 is 0 Å². The highest BCUT2D eigenvalue weighted by Crippen LogP contribution is 2.14. The second kappa shape index (κ2) is 5.38. The monoisotopic (exact) mass is 318 g/mol. The molecule has 0 bridgehead atoms. The van der Waals surface area contributed by atoms with E-state index in [0.717, 1.165) is 16.3 Å². The van der Waals surface area contributed by atoms with E-state index in [1.165, 1.54) is 4.88 Å². The van der Waals surface area contributed by atoms with Crippen LogP contribution < -0.4 is 0 Å². The molecular weight excluding hydrogens is 304 g/mol. The highest BCUT2D eigenvalue weighted by molar-refractivity contribution is 7.71. The highest BCUT2D eigenvalue weighted by atomic mass is 32.1. The Morgan fingerprint density at radius 2 is 2.14 bits per heavy atom. The lowest BCUT2D eigenvalue weighted by atomic mass is 10.4. The van der Waals surface area contributed by atoms with Crippen molar-refractivity contribution in [3.63, 3.8) is 0 Å². The first-order valence-electron chi connectivity index (χ1n) is 6.36. The van der Waals surface area contributed by atoms with E-state index in [1.54, 1.807) is 26.9 Å². The quantitative estimate of drug-likeness (QED) is 0.596. The minimum atomic E-state index is 0.432. The molecule has 0 unspecified atom stereocenters. The van der Waals surface area contributed by atoms with E-state index in [1.807, 2.05) is 26.0 Å². The summed E-state index contributed by atoms with van der Waals surface area (Å²) in [6.07, 6.45) is 1.78. The summed E-state index contributed by atoms with van der Waals surface area (Å²) in [5.41, 5.74) is 1.90. The zero-order valence-corrected chi connectivity index (χ0v) is 13.5. The lowest BCUT2D eigenvalue weighted by molar-refractivity contribution is 0.714. The van der Waals surface area contributed by atoms with Crippen molar-refractivity contribution in [2.75, 3.05) is 0 Å². The summed E-state index contributed by atoms with van der Waals surface area (Å²) in [5, 5.41) is 15.8. The van der Waals surface area contributed by atoms with Crippen molar-refractivity contribution in [1.82, 2.24) is 24.7 Å². The predicted molar refractivity (Wildman–Crippen MR) is 86.1 cm³/mol. The van der Waals surface area contributed by atoms with Gasteiger partial charge in [-0.05, 0) is 51.2 Å². The number of hydrogen-bond acceptors (Lipinski definition) is 5. The molecule has 0 saturated heterocycles. The Kier molecular flexibility index (Phi) is 3.56. The molecule has 1 N–H and O–H groups in total. The molecule has 3 aromatic rings. The van der Waals surface area contributed by atoms with Gasteiger partial charge in [-0.25, -0.2) is 9.78 Å². The summed E-state index contributed by atoms with van der Waals surface area (Å²) in [6, 6.07) is 6.06. The van der Waals surface area contributed by atoms with Gasteiger partial charge in [0.1, 0.15) is 0 Å². The Labute approximate surface area is 130 Å². The molecule has 21 heavy (non-hydrogen) atoms. The number of aryl methyl sites for hydroxylation is 3. The van der Waals surface area contributed by atoms with Crippen LogP contribution in [0.3, 0.4) is 0 Å². The molecule has 108 valence electrons. The molecule has 3 aromatic heterocycles. The van der Waals surface area contributed by atoms with E-state index in [4.69, 9.17) is 12.2 Å². The van der Waals surface area contributed by atoms with Crippen molar-refractivity contribution in [3.8, 4) is 5.95 Å². The number of hydrogen-bond donors (Lipinski definition) is 1. The van der Waals surface area contributed by atoms with Gasteiger partial charge in [0.15, 0.2) is 0 Å². The molecule has 3 heterocycles. The summed E-state index contributed by atoms with van der Waals surface area (Å²) in [7, 11) is 0. The number of nitrogens with one attached hydrogen (secondary N) is 1. The van der Waals surface area contributed by atoms with Crippen molar-refractivity contribution >= 4 is 29.8 Å². The van der Waals surface area contributed by atoms with Gasteiger partial charge in [-0.2, -0.15) is 14.9 Å². The second-order valence-electron chi connectivity index (χ2n) is 4.67. The average molecular weight is 318 g/mol. The topological polar surface area (TPSA) is 63.8 Å². The van der Waals surface area contributed by atoms with Gasteiger partial charge in [-0.15, -0.1) is 16.4 Å². The third kappa shape index (κ3) is 2.72. The maximum atomic E-state index is 5.24. The number of aromatic nitrogens is 5. The van der Waals surface area contributed by atoms with Crippen molar-refractivity contribution < 1.29 is 0 Å². The SMILES string of the molecule is Cc1cc(C)n(-c2n[nH]c(=S)n2/N=C\c2ccc(C)s2)n1. The van der Waals surface area contributed by atoms with Crippen molar-refractivity contribution in [2.24, 2.45) is 5.10 Å². The molecule has 0 aromatic carbocycles. The molecular formula is C13H14N6S2. The van der Waals surface area contributed by atoms with E-state index in [2.05, 4.69) is 33.4 Å². The molecule has 8 heteroatoms. The van der Waals surface area contributed by atoms with Crippen LogP contribution in [0.5, 0.6) is 0 Å². The number of rotatable bonds is 3. The number of aromatic amines is 1. The van der Waals surface area contributed by atoms with Crippen LogP contribution in [0.25, 0.3) is 5.95 Å². The third-order valence-corrected chi connectivity index (χ3v) is 4.09. The Bertz CT molecular complexity index is 863. The molecule has 6 nitrogen and oxygen atoms in total. The summed E-state index contributed by atoms with van der Waals surface area (Å²) < 4.78 is 3.73. The molecule has 0 aliphatic rings. The van der Waals surface area contributed by atoms with Gasteiger partial charge in [0.25, 0.3) is 5.95 Å². The smallest absolute Gasteiger partial charge is 0.248 e. The van der Waals surface area contributed by atoms with Crippen molar-refractivity contribution in [1.29, 1.82) is 0 Å². The first-order chi connectivity index (χ1) is 10.0. The number of H-pyrrole nitrogens is 1. The normalized spacial score (nSPS) is 11.6. The summed E-state index contributed by atoms with van der Waals surface area (Å²) in [4.78, 5) is 2.31. The van der Waals surface area contributed by atoms with E-state index >= 15 is 0 Å². The first kappa shape index (κ1) is 13.9. The fourth-order valence-corrected chi connectivity index (χ4v) is 2.91. The zero-order valence-electron chi connectivity index (χ0n) is 11.9. The van der Waals surface area contributed by atoms with Crippen LogP contribution in [0.15, 0.2) is 23.3 Å². The summed E-state index contributed by atoms with van der Waals surface area (Å²) in [5.74, 6) is 0.551. The molecule has 0 atom stereocenters. The Hall–Kier alpha value is -2.06. The van der Waals surface area contributed by atoms with Crippen molar-refractivity contribution in [3.05, 3.63) is 44.1 Å². The highest BCUT2D eigenvalue weighted by Gasteiger charge is 2.11. The van der Waals surface area contributed by atoms with E-state index in [9.17, 15) is 0 Å². The lowest BCUT2D eigenvalue weighted by Gasteiger charge is -2.02. The molecule has 0 radical (unpaired) electrons. The van der Waals surface area contributed by atoms with Crippen LogP contribution in [0.4, 0.5) is 0 Å². The van der Waals surface area contributed by atoms with Gasteiger partial charge in [0.05, 0.1) is 11.9 Å².